The molecule has 166 valence electrons. The number of nitrogens with zero attached hydrogens (tertiary/aromatic N) is 3. The number of aromatic amines is 1. The highest BCUT2D eigenvalue weighted by atomic mass is 16.3. The zero-order valence-electron chi connectivity index (χ0n) is 18.7. The summed E-state index contributed by atoms with van der Waals surface area (Å²) < 4.78 is 2.07. The number of hydrogen-bond acceptors (Lipinski definition) is 5. The molecule has 8 nitrogen and oxygen atoms in total. The summed E-state index contributed by atoms with van der Waals surface area (Å²) in [5.74, 6) is 0.710. The van der Waals surface area contributed by atoms with Gasteiger partial charge in [0, 0.05) is 90.1 Å². The number of fused-ring (bicyclic) bond motifs is 4. The van der Waals surface area contributed by atoms with E-state index in [0.717, 1.165) is 39.1 Å². The fourth-order valence-electron chi connectivity index (χ4n) is 4.33. The maximum absolute atomic E-state index is 12.8. The van der Waals surface area contributed by atoms with Gasteiger partial charge in [0.2, 0.25) is 0 Å². The lowest BCUT2D eigenvalue weighted by molar-refractivity contribution is 0.0911. The maximum Gasteiger partial charge on any atom is 0.251 e. The van der Waals surface area contributed by atoms with Crippen LogP contribution in [0.5, 0.6) is 0 Å². The van der Waals surface area contributed by atoms with Gasteiger partial charge >= 0.3 is 0 Å². The highest BCUT2D eigenvalue weighted by Gasteiger charge is 2.32. The molecule has 4 N–H and O–H groups in total. The van der Waals surface area contributed by atoms with Crippen molar-refractivity contribution in [3.8, 4) is 11.3 Å². The number of amides is 1. The number of aromatic nitrogens is 2. The molecule has 1 aromatic carbocycles. The Kier molecular flexibility index (Phi) is 4.72. The molecule has 0 aliphatic carbocycles. The topological polar surface area (TPSA) is 97.7 Å². The molecule has 3 aromatic rings. The van der Waals surface area contributed by atoms with E-state index < -0.39 is 0 Å². The van der Waals surface area contributed by atoms with E-state index in [1.54, 1.807) is 0 Å². The van der Waals surface area contributed by atoms with Crippen molar-refractivity contribution in [2.45, 2.75) is 19.9 Å². The number of likely N-dealkylation sites (N-methyl/N-ethyl adjacent to an activating group) is 1. The minimum absolute atomic E-state index is 0.0116. The second-order valence-corrected chi connectivity index (χ2v) is 9.42. The van der Waals surface area contributed by atoms with Gasteiger partial charge in [-0.25, -0.2) is 10.0 Å². The SMILES string of the molecule is CN1NC=C2C=Nc3[nH]c(-c4cn(C)c5ccc(C(=O)NCC(C)(C)CO)cc45)cc3C21. The zero-order valence-corrected chi connectivity index (χ0v) is 18.7. The van der Waals surface area contributed by atoms with E-state index in [1.165, 1.54) is 0 Å². The first-order chi connectivity index (χ1) is 15.3. The van der Waals surface area contributed by atoms with Gasteiger partial charge in [0.1, 0.15) is 5.82 Å². The van der Waals surface area contributed by atoms with Crippen molar-refractivity contribution in [1.82, 2.24) is 25.3 Å². The van der Waals surface area contributed by atoms with Gasteiger partial charge in [0.25, 0.3) is 5.91 Å². The Hall–Kier alpha value is -3.36. The van der Waals surface area contributed by atoms with Gasteiger partial charge in [-0.3, -0.25) is 4.79 Å². The number of carbonyl (C=O) groups excluding carboxylic acids is 1. The molecule has 0 saturated carbocycles. The highest BCUT2D eigenvalue weighted by molar-refractivity contribution is 6.03. The summed E-state index contributed by atoms with van der Waals surface area (Å²) in [5, 5.41) is 15.5. The van der Waals surface area contributed by atoms with Crippen LogP contribution in [0.2, 0.25) is 0 Å². The molecule has 0 fully saturated rings. The molecule has 0 bridgehead atoms. The maximum atomic E-state index is 12.8. The number of rotatable bonds is 5. The summed E-state index contributed by atoms with van der Waals surface area (Å²) in [6.45, 7) is 4.25. The molecule has 5 rings (SSSR count). The third-order valence-electron chi connectivity index (χ3n) is 6.30. The van der Waals surface area contributed by atoms with E-state index in [2.05, 4.69) is 42.6 Å². The standard InChI is InChI=1S/C24H28N6O2/c1-24(2,13-31)12-26-23(32)14-5-6-20-16(7-14)18(11-29(20)3)19-8-17-21-15(10-27-30(21)4)9-25-22(17)28-19/h5-11,21,27-28,31H,12-13H2,1-4H3,(H,26,32). The number of aliphatic imine (C=N–C) groups is 1. The first kappa shape index (κ1) is 20.5. The van der Waals surface area contributed by atoms with Gasteiger partial charge in [0.05, 0.1) is 6.04 Å². The van der Waals surface area contributed by atoms with Crippen LogP contribution in [0.3, 0.4) is 0 Å². The van der Waals surface area contributed by atoms with Crippen LogP contribution in [-0.2, 0) is 7.05 Å². The summed E-state index contributed by atoms with van der Waals surface area (Å²) in [7, 11) is 4.02. The Morgan fingerprint density at radius 3 is 2.88 bits per heavy atom. The Morgan fingerprint density at radius 1 is 1.28 bits per heavy atom. The number of carbonyl (C=O) groups is 1. The fourth-order valence-corrected chi connectivity index (χ4v) is 4.33. The average Bonchev–Trinajstić information content (AvgIpc) is 3.47. The van der Waals surface area contributed by atoms with Gasteiger partial charge < -0.3 is 25.4 Å². The number of aryl methyl sites for hydroxylation is 1. The molecule has 2 aromatic heterocycles. The van der Waals surface area contributed by atoms with Gasteiger partial charge in [-0.05, 0) is 24.3 Å². The van der Waals surface area contributed by atoms with Crippen LogP contribution in [0.25, 0.3) is 22.2 Å². The Bertz CT molecular complexity index is 1280. The van der Waals surface area contributed by atoms with Gasteiger partial charge in [-0.1, -0.05) is 13.8 Å². The molecular formula is C24H28N6O2. The molecule has 2 aliphatic heterocycles. The smallest absolute Gasteiger partial charge is 0.251 e. The highest BCUT2D eigenvalue weighted by Crippen LogP contribution is 2.42. The number of H-pyrrole nitrogens is 1. The summed E-state index contributed by atoms with van der Waals surface area (Å²) in [4.78, 5) is 20.8. The molecule has 2 aliphatic rings. The number of aliphatic hydroxyl groups excluding tert-OH is 1. The van der Waals surface area contributed by atoms with Crippen molar-refractivity contribution in [1.29, 1.82) is 0 Å². The van der Waals surface area contributed by atoms with Gasteiger partial charge in [-0.2, -0.15) is 0 Å². The number of benzene rings is 1. The average molecular weight is 433 g/mol. The molecule has 0 saturated heterocycles. The van der Waals surface area contributed by atoms with Gasteiger partial charge in [0.15, 0.2) is 0 Å². The normalized spacial score (nSPS) is 17.8. The summed E-state index contributed by atoms with van der Waals surface area (Å²) >= 11 is 0. The number of nitrogens with one attached hydrogen (secondary N) is 3. The minimum atomic E-state index is -0.364. The van der Waals surface area contributed by atoms with E-state index in [4.69, 9.17) is 0 Å². The molecule has 8 heteroatoms. The first-order valence-corrected chi connectivity index (χ1v) is 10.7. The van der Waals surface area contributed by atoms with Crippen molar-refractivity contribution in [2.75, 3.05) is 20.2 Å². The summed E-state index contributed by atoms with van der Waals surface area (Å²) in [6.07, 6.45) is 5.95. The molecule has 1 atom stereocenters. The molecular weight excluding hydrogens is 404 g/mol. The van der Waals surface area contributed by atoms with Crippen molar-refractivity contribution in [3.63, 3.8) is 0 Å². The van der Waals surface area contributed by atoms with Crippen molar-refractivity contribution in [2.24, 2.45) is 17.5 Å². The van der Waals surface area contributed by atoms with Crippen LogP contribution in [0.1, 0.15) is 35.8 Å². The monoisotopic (exact) mass is 432 g/mol. The third-order valence-corrected chi connectivity index (χ3v) is 6.30. The summed E-state index contributed by atoms with van der Waals surface area (Å²) in [6, 6.07) is 8.02. The summed E-state index contributed by atoms with van der Waals surface area (Å²) in [5.41, 5.74) is 8.76. The Labute approximate surface area is 186 Å². The lowest BCUT2D eigenvalue weighted by Gasteiger charge is -2.23. The van der Waals surface area contributed by atoms with Crippen molar-refractivity contribution >= 4 is 28.8 Å². The number of hydrogen-bond donors (Lipinski definition) is 4. The lowest BCUT2D eigenvalue weighted by Crippen LogP contribution is -2.36. The lowest BCUT2D eigenvalue weighted by atomic mass is 9.95. The van der Waals surface area contributed by atoms with Crippen LogP contribution >= 0.6 is 0 Å². The number of hydrazine groups is 1. The molecule has 32 heavy (non-hydrogen) atoms. The molecule has 0 radical (unpaired) electrons. The third kappa shape index (κ3) is 3.32. The van der Waals surface area contributed by atoms with E-state index in [9.17, 15) is 9.90 Å². The van der Waals surface area contributed by atoms with Crippen LogP contribution < -0.4 is 10.7 Å². The van der Waals surface area contributed by atoms with E-state index in [0.29, 0.717) is 12.1 Å². The predicted molar refractivity (Wildman–Crippen MR) is 126 cm³/mol. The fraction of sp³-hybridized carbons (Fsp3) is 0.333. The van der Waals surface area contributed by atoms with Crippen LogP contribution in [0, 0.1) is 5.41 Å². The van der Waals surface area contributed by atoms with Crippen LogP contribution in [0.4, 0.5) is 5.82 Å². The van der Waals surface area contributed by atoms with Gasteiger partial charge in [-0.15, -0.1) is 0 Å². The largest absolute Gasteiger partial charge is 0.396 e. The quantitative estimate of drug-likeness (QED) is 0.498. The second-order valence-electron chi connectivity index (χ2n) is 9.42. The molecule has 4 heterocycles. The molecule has 1 unspecified atom stereocenters. The zero-order chi connectivity index (χ0) is 22.6. The molecule has 1 amide bonds. The Balaban J connectivity index is 1.51. The van der Waals surface area contributed by atoms with Crippen molar-refractivity contribution in [3.05, 3.63) is 53.4 Å². The first-order valence-electron chi connectivity index (χ1n) is 10.7. The van der Waals surface area contributed by atoms with Crippen molar-refractivity contribution < 1.29 is 9.90 Å². The van der Waals surface area contributed by atoms with E-state index in [-0.39, 0.29) is 24.0 Å². The van der Waals surface area contributed by atoms with Crippen LogP contribution in [-0.4, -0.2) is 52.0 Å². The minimum Gasteiger partial charge on any atom is -0.396 e. The Morgan fingerprint density at radius 2 is 2.09 bits per heavy atom. The molecule has 0 spiro atoms. The second kappa shape index (κ2) is 7.36. The van der Waals surface area contributed by atoms with E-state index >= 15 is 0 Å². The number of aliphatic hydroxyl groups is 1. The predicted octanol–water partition coefficient (Wildman–Crippen LogP) is 3.01. The van der Waals surface area contributed by atoms with Crippen LogP contribution in [0.15, 0.2) is 47.2 Å². The van der Waals surface area contributed by atoms with E-state index in [1.807, 2.05) is 58.6 Å².